The molecule has 2 fully saturated rings. The fourth-order valence-corrected chi connectivity index (χ4v) is 4.83. The van der Waals surface area contributed by atoms with Gasteiger partial charge in [0.2, 0.25) is 5.91 Å². The van der Waals surface area contributed by atoms with Crippen molar-refractivity contribution in [2.24, 2.45) is 0 Å². The average Bonchev–Trinajstić information content (AvgIpc) is 3.70. The first-order valence-corrected chi connectivity index (χ1v) is 12.9. The van der Waals surface area contributed by atoms with Crippen molar-refractivity contribution < 1.29 is 23.9 Å². The van der Waals surface area contributed by atoms with Gasteiger partial charge in [-0.1, -0.05) is 12.1 Å². The molecule has 2 amide bonds. The molecule has 1 aliphatic heterocycles. The van der Waals surface area contributed by atoms with Gasteiger partial charge in [-0.2, -0.15) is 5.26 Å². The lowest BCUT2D eigenvalue weighted by Crippen LogP contribution is -2.55. The van der Waals surface area contributed by atoms with E-state index >= 15 is 0 Å². The molecule has 0 aromatic heterocycles. The van der Waals surface area contributed by atoms with Crippen LogP contribution in [-0.2, 0) is 9.59 Å². The van der Waals surface area contributed by atoms with Gasteiger partial charge in [-0.25, -0.2) is 4.39 Å². The maximum atomic E-state index is 13.4. The van der Waals surface area contributed by atoms with Crippen LogP contribution in [0.1, 0.15) is 46.7 Å². The van der Waals surface area contributed by atoms with Gasteiger partial charge in [-0.05, 0) is 67.8 Å². The molecule has 0 radical (unpaired) electrons. The Balaban J connectivity index is 1.32. The number of hydrogen-bond acceptors (Lipinski definition) is 6. The van der Waals surface area contributed by atoms with Gasteiger partial charge >= 0.3 is 5.97 Å². The van der Waals surface area contributed by atoms with E-state index in [4.69, 9.17) is 10.4 Å². The van der Waals surface area contributed by atoms with E-state index < -0.39 is 12.0 Å². The van der Waals surface area contributed by atoms with Crippen molar-refractivity contribution in [1.29, 1.82) is 5.26 Å². The minimum Gasteiger partial charge on any atom is -0.480 e. The second kappa shape index (κ2) is 12.6. The molecule has 1 heterocycles. The first-order chi connectivity index (χ1) is 18.3. The molecule has 2 aromatic rings. The highest BCUT2D eigenvalue weighted by atomic mass is 19.1. The van der Waals surface area contributed by atoms with Crippen molar-refractivity contribution >= 4 is 17.8 Å². The molecule has 0 unspecified atom stereocenters. The van der Waals surface area contributed by atoms with Crippen LogP contribution in [0.3, 0.4) is 0 Å². The number of carboxylic acids is 1. The van der Waals surface area contributed by atoms with Crippen molar-refractivity contribution in [3.8, 4) is 6.07 Å². The zero-order chi connectivity index (χ0) is 27.1. The number of nitrogens with zero attached hydrogens (tertiary/aromatic N) is 3. The Hall–Kier alpha value is -3.81. The molecule has 2 aromatic carbocycles. The first kappa shape index (κ1) is 27.2. The molecule has 4 rings (SSSR count). The largest absolute Gasteiger partial charge is 0.480 e. The summed E-state index contributed by atoms with van der Waals surface area (Å²) in [4.78, 5) is 40.8. The highest BCUT2D eigenvalue weighted by Crippen LogP contribution is 2.40. The Morgan fingerprint density at radius 1 is 1.05 bits per heavy atom. The summed E-state index contributed by atoms with van der Waals surface area (Å²) in [6.07, 6.45) is 2.08. The predicted molar refractivity (Wildman–Crippen MR) is 138 cm³/mol. The Bertz CT molecular complexity index is 1170. The molecule has 3 atom stereocenters. The summed E-state index contributed by atoms with van der Waals surface area (Å²) < 4.78 is 13.2. The molecule has 2 aliphatic rings. The smallest absolute Gasteiger partial charge is 0.317 e. The van der Waals surface area contributed by atoms with E-state index in [1.165, 1.54) is 12.1 Å². The number of hydrogen-bond donors (Lipinski definition) is 3. The second-order valence-electron chi connectivity index (χ2n) is 9.81. The van der Waals surface area contributed by atoms with Gasteiger partial charge in [0.1, 0.15) is 11.9 Å². The summed E-state index contributed by atoms with van der Waals surface area (Å²) >= 11 is 0. The van der Waals surface area contributed by atoms with Crippen LogP contribution in [-0.4, -0.2) is 84.0 Å². The molecular formula is C28H32FN5O4. The van der Waals surface area contributed by atoms with Gasteiger partial charge in [0.05, 0.1) is 18.2 Å². The molecule has 200 valence electrons. The Morgan fingerprint density at radius 3 is 2.37 bits per heavy atom. The molecule has 1 aliphatic carbocycles. The number of amides is 2. The number of carbonyl (C=O) groups is 3. The summed E-state index contributed by atoms with van der Waals surface area (Å²) in [7, 11) is 0. The van der Waals surface area contributed by atoms with E-state index in [1.807, 2.05) is 18.2 Å². The summed E-state index contributed by atoms with van der Waals surface area (Å²) in [5.41, 5.74) is 1.92. The Labute approximate surface area is 221 Å². The number of piperazine rings is 1. The number of rotatable bonds is 11. The van der Waals surface area contributed by atoms with E-state index in [-0.39, 0.29) is 24.2 Å². The van der Waals surface area contributed by atoms with Gasteiger partial charge in [0, 0.05) is 43.7 Å². The topological polar surface area (TPSA) is 126 Å². The van der Waals surface area contributed by atoms with Crippen molar-refractivity contribution in [3.63, 3.8) is 0 Å². The third-order valence-corrected chi connectivity index (χ3v) is 7.09. The quantitative estimate of drug-likeness (QED) is 0.386. The minimum absolute atomic E-state index is 0.0629. The second-order valence-corrected chi connectivity index (χ2v) is 9.81. The van der Waals surface area contributed by atoms with Crippen molar-refractivity contribution in [2.45, 2.75) is 37.3 Å². The van der Waals surface area contributed by atoms with Crippen molar-refractivity contribution in [3.05, 3.63) is 71.0 Å². The van der Waals surface area contributed by atoms with Crippen LogP contribution in [0.5, 0.6) is 0 Å². The highest BCUT2D eigenvalue weighted by Gasteiger charge is 2.37. The highest BCUT2D eigenvalue weighted by molar-refractivity contribution is 5.97. The molecule has 9 nitrogen and oxygen atoms in total. The van der Waals surface area contributed by atoms with Crippen molar-refractivity contribution in [2.75, 3.05) is 39.3 Å². The van der Waals surface area contributed by atoms with Crippen LogP contribution in [0.25, 0.3) is 0 Å². The van der Waals surface area contributed by atoms with Crippen LogP contribution in [0.15, 0.2) is 48.5 Å². The zero-order valence-corrected chi connectivity index (χ0v) is 21.1. The Morgan fingerprint density at radius 2 is 1.74 bits per heavy atom. The van der Waals surface area contributed by atoms with E-state index in [0.29, 0.717) is 68.7 Å². The van der Waals surface area contributed by atoms with Gasteiger partial charge in [0.15, 0.2) is 0 Å². The number of carbonyl (C=O) groups excluding carboxylic acids is 2. The summed E-state index contributed by atoms with van der Waals surface area (Å²) in [6.45, 7) is 2.33. The van der Waals surface area contributed by atoms with Crippen LogP contribution in [0, 0.1) is 17.1 Å². The lowest BCUT2D eigenvalue weighted by molar-refractivity contribution is -0.139. The number of nitrogens with one attached hydrogen (secondary N) is 2. The van der Waals surface area contributed by atoms with Gasteiger partial charge < -0.3 is 20.6 Å². The normalized spacial score (nSPS) is 19.8. The summed E-state index contributed by atoms with van der Waals surface area (Å²) in [5, 5.41) is 24.4. The minimum atomic E-state index is -0.901. The first-order valence-electron chi connectivity index (χ1n) is 12.9. The molecule has 38 heavy (non-hydrogen) atoms. The number of nitriles is 1. The summed E-state index contributed by atoms with van der Waals surface area (Å²) in [6, 6.07) is 14.4. The number of halogens is 1. The summed E-state index contributed by atoms with van der Waals surface area (Å²) in [5.74, 6) is -1.36. The van der Waals surface area contributed by atoms with Gasteiger partial charge in [-0.15, -0.1) is 0 Å². The van der Waals surface area contributed by atoms with E-state index in [2.05, 4.69) is 10.6 Å². The predicted octanol–water partition coefficient (Wildman–Crippen LogP) is 1.95. The number of benzene rings is 2. The number of aliphatic carboxylic acids is 1. The van der Waals surface area contributed by atoms with E-state index in [0.717, 1.165) is 12.0 Å². The maximum absolute atomic E-state index is 13.4. The van der Waals surface area contributed by atoms with Crippen LogP contribution in [0.4, 0.5) is 4.39 Å². The lowest BCUT2D eigenvalue weighted by Gasteiger charge is -2.36. The van der Waals surface area contributed by atoms with Gasteiger partial charge in [0.25, 0.3) is 5.91 Å². The molecule has 1 saturated heterocycles. The zero-order valence-electron chi connectivity index (χ0n) is 21.1. The van der Waals surface area contributed by atoms with Crippen LogP contribution < -0.4 is 10.6 Å². The fraction of sp³-hybridized carbons (Fsp3) is 0.429. The fourth-order valence-electron chi connectivity index (χ4n) is 4.83. The standard InChI is InChI=1S/C28H32FN5O4/c29-22-9-7-20(8-10-22)23-16-25(23)31-11-1-2-24(32-27(37)21-5-3-19(17-30)4-6-21)28(38)34-14-12-33(13-15-34)18-26(35)36/h3-10,23-25,31H,1-2,11-16,18H2,(H,32,37)(H,35,36)/t23-,24-,25+/m0/s1. The van der Waals surface area contributed by atoms with E-state index in [9.17, 15) is 18.8 Å². The molecular weight excluding hydrogens is 489 g/mol. The SMILES string of the molecule is N#Cc1ccc(C(=O)N[C@@H](CCCN[C@@H]2C[C@H]2c2ccc(F)cc2)C(=O)N2CCN(CC(=O)O)CC2)cc1. The van der Waals surface area contributed by atoms with Crippen LogP contribution in [0.2, 0.25) is 0 Å². The lowest BCUT2D eigenvalue weighted by atomic mass is 10.1. The van der Waals surface area contributed by atoms with Gasteiger partial charge in [-0.3, -0.25) is 19.3 Å². The Kier molecular flexibility index (Phi) is 9.05. The van der Waals surface area contributed by atoms with Crippen LogP contribution >= 0.6 is 0 Å². The monoisotopic (exact) mass is 521 g/mol. The third-order valence-electron chi connectivity index (χ3n) is 7.09. The average molecular weight is 522 g/mol. The molecule has 3 N–H and O–H groups in total. The molecule has 10 heteroatoms. The maximum Gasteiger partial charge on any atom is 0.317 e. The molecule has 1 saturated carbocycles. The molecule has 0 spiro atoms. The van der Waals surface area contributed by atoms with Crippen molar-refractivity contribution in [1.82, 2.24) is 20.4 Å². The number of carboxylic acid groups (broad SMARTS) is 1. The third kappa shape index (κ3) is 7.37. The van der Waals surface area contributed by atoms with E-state index in [1.54, 1.807) is 34.1 Å². The molecule has 0 bridgehead atoms.